The summed E-state index contributed by atoms with van der Waals surface area (Å²) in [4.78, 5) is 13.3. The van der Waals surface area contributed by atoms with E-state index in [1.54, 1.807) is 13.0 Å². The fraction of sp³-hybridized carbons (Fsp3) is 0.800. The topological polar surface area (TPSA) is 49.8 Å². The molecule has 0 aliphatic heterocycles. The Bertz CT molecular complexity index is 242. The first-order chi connectivity index (χ1) is 9.24. The zero-order valence-electron chi connectivity index (χ0n) is 12.4. The van der Waals surface area contributed by atoms with E-state index in [0.29, 0.717) is 19.7 Å². The molecule has 19 heavy (non-hydrogen) atoms. The maximum absolute atomic E-state index is 11.1. The summed E-state index contributed by atoms with van der Waals surface area (Å²) in [6, 6.07) is 0. The maximum atomic E-state index is 11.1. The number of hydrogen-bond acceptors (Lipinski definition) is 4. The van der Waals surface area contributed by atoms with Gasteiger partial charge >= 0.3 is 5.97 Å². The molecule has 0 radical (unpaired) electrons. The quantitative estimate of drug-likeness (QED) is 0.336. The van der Waals surface area contributed by atoms with Crippen molar-refractivity contribution in [1.82, 2.24) is 4.90 Å². The third-order valence-corrected chi connectivity index (χ3v) is 2.95. The minimum Gasteiger partial charge on any atom is -0.461 e. The Labute approximate surface area is 117 Å². The number of unbranched alkanes of at least 4 members (excludes halogenated alkanes) is 4. The maximum Gasteiger partial charge on any atom is 0.330 e. The van der Waals surface area contributed by atoms with Crippen molar-refractivity contribution in [1.29, 1.82) is 0 Å². The van der Waals surface area contributed by atoms with Crippen LogP contribution in [0.3, 0.4) is 0 Å². The molecule has 4 nitrogen and oxygen atoms in total. The first-order valence-electron chi connectivity index (χ1n) is 7.37. The lowest BCUT2D eigenvalue weighted by Crippen LogP contribution is -2.31. The molecule has 0 fully saturated rings. The number of esters is 1. The van der Waals surface area contributed by atoms with Crippen LogP contribution in [0.25, 0.3) is 0 Å². The second kappa shape index (κ2) is 13.6. The van der Waals surface area contributed by atoms with Gasteiger partial charge in [-0.25, -0.2) is 4.79 Å². The van der Waals surface area contributed by atoms with Crippen LogP contribution in [-0.2, 0) is 9.53 Å². The number of aliphatic hydroxyl groups is 1. The number of aliphatic hydroxyl groups excluding tert-OH is 1. The van der Waals surface area contributed by atoms with Gasteiger partial charge in [-0.2, -0.15) is 0 Å². The number of nitrogens with zero attached hydrogens (tertiary/aromatic N) is 1. The van der Waals surface area contributed by atoms with E-state index in [-0.39, 0.29) is 12.6 Å². The van der Waals surface area contributed by atoms with Crippen LogP contribution in [0.5, 0.6) is 0 Å². The molecule has 0 rings (SSSR count). The van der Waals surface area contributed by atoms with Gasteiger partial charge in [0.25, 0.3) is 0 Å². The standard InChI is InChI=1S/C15H29NO3/c1-3-5-6-7-8-10-16(11-13-17)12-14-19-15(18)9-4-2/h4,9,17H,3,5-8,10-14H2,1-2H3/b9-4+. The highest BCUT2D eigenvalue weighted by atomic mass is 16.5. The Hall–Kier alpha value is -0.870. The summed E-state index contributed by atoms with van der Waals surface area (Å²) in [7, 11) is 0. The van der Waals surface area contributed by atoms with Crippen LogP contribution in [-0.4, -0.2) is 48.8 Å². The van der Waals surface area contributed by atoms with E-state index in [0.717, 1.165) is 13.0 Å². The summed E-state index contributed by atoms with van der Waals surface area (Å²) in [6.07, 6.45) is 9.28. The van der Waals surface area contributed by atoms with Crippen molar-refractivity contribution in [2.75, 3.05) is 32.8 Å². The molecule has 0 saturated carbocycles. The Morgan fingerprint density at radius 1 is 1.16 bits per heavy atom. The molecule has 0 aromatic heterocycles. The van der Waals surface area contributed by atoms with Gasteiger partial charge in [-0.15, -0.1) is 0 Å². The van der Waals surface area contributed by atoms with Crippen LogP contribution in [0.1, 0.15) is 46.0 Å². The number of rotatable bonds is 12. The Balaban J connectivity index is 3.69. The molecular weight excluding hydrogens is 242 g/mol. The molecule has 112 valence electrons. The third-order valence-electron chi connectivity index (χ3n) is 2.95. The number of allylic oxidation sites excluding steroid dienone is 1. The summed E-state index contributed by atoms with van der Waals surface area (Å²) in [6.45, 7) is 6.83. The lowest BCUT2D eigenvalue weighted by Gasteiger charge is -2.20. The van der Waals surface area contributed by atoms with Gasteiger partial charge in [-0.3, -0.25) is 4.90 Å². The molecule has 4 heteroatoms. The normalized spacial score (nSPS) is 11.4. The van der Waals surface area contributed by atoms with Gasteiger partial charge in [0.1, 0.15) is 6.61 Å². The molecule has 0 unspecified atom stereocenters. The minimum atomic E-state index is -0.297. The summed E-state index contributed by atoms with van der Waals surface area (Å²) in [5, 5.41) is 9.01. The van der Waals surface area contributed by atoms with Crippen molar-refractivity contribution in [3.8, 4) is 0 Å². The molecule has 0 amide bonds. The van der Waals surface area contributed by atoms with Crippen molar-refractivity contribution >= 4 is 5.97 Å². The van der Waals surface area contributed by atoms with Crippen molar-refractivity contribution < 1.29 is 14.6 Å². The van der Waals surface area contributed by atoms with Crippen LogP contribution in [0.4, 0.5) is 0 Å². The zero-order valence-corrected chi connectivity index (χ0v) is 12.4. The van der Waals surface area contributed by atoms with E-state index in [4.69, 9.17) is 9.84 Å². The van der Waals surface area contributed by atoms with Gasteiger partial charge in [0.05, 0.1) is 6.61 Å². The second-order valence-electron chi connectivity index (χ2n) is 4.65. The van der Waals surface area contributed by atoms with Crippen molar-refractivity contribution in [3.63, 3.8) is 0 Å². The van der Waals surface area contributed by atoms with Gasteiger partial charge in [-0.05, 0) is 19.9 Å². The number of carbonyl (C=O) groups is 1. The van der Waals surface area contributed by atoms with Crippen LogP contribution in [0.2, 0.25) is 0 Å². The smallest absolute Gasteiger partial charge is 0.330 e. The molecule has 0 aromatic rings. The monoisotopic (exact) mass is 271 g/mol. The van der Waals surface area contributed by atoms with E-state index < -0.39 is 0 Å². The van der Waals surface area contributed by atoms with Gasteiger partial charge in [0, 0.05) is 19.2 Å². The van der Waals surface area contributed by atoms with Gasteiger partial charge in [0.2, 0.25) is 0 Å². The summed E-state index contributed by atoms with van der Waals surface area (Å²) < 4.78 is 5.06. The van der Waals surface area contributed by atoms with Crippen molar-refractivity contribution in [3.05, 3.63) is 12.2 Å². The largest absolute Gasteiger partial charge is 0.461 e. The number of carbonyl (C=O) groups excluding carboxylic acids is 1. The first-order valence-corrected chi connectivity index (χ1v) is 7.37. The summed E-state index contributed by atoms with van der Waals surface area (Å²) >= 11 is 0. The van der Waals surface area contributed by atoms with E-state index in [2.05, 4.69) is 11.8 Å². The molecule has 0 atom stereocenters. The van der Waals surface area contributed by atoms with Crippen LogP contribution >= 0.6 is 0 Å². The van der Waals surface area contributed by atoms with Gasteiger partial charge < -0.3 is 9.84 Å². The van der Waals surface area contributed by atoms with E-state index in [1.807, 2.05) is 0 Å². The summed E-state index contributed by atoms with van der Waals surface area (Å²) in [5.74, 6) is -0.297. The molecule has 0 spiro atoms. The van der Waals surface area contributed by atoms with Crippen LogP contribution in [0.15, 0.2) is 12.2 Å². The van der Waals surface area contributed by atoms with Crippen LogP contribution in [0, 0.1) is 0 Å². The molecular formula is C15H29NO3. The van der Waals surface area contributed by atoms with E-state index in [1.165, 1.54) is 31.8 Å². The Kier molecular flexibility index (Phi) is 12.9. The van der Waals surface area contributed by atoms with Gasteiger partial charge in [0.15, 0.2) is 0 Å². The second-order valence-corrected chi connectivity index (χ2v) is 4.65. The van der Waals surface area contributed by atoms with Crippen molar-refractivity contribution in [2.45, 2.75) is 46.0 Å². The molecule has 0 saturated heterocycles. The van der Waals surface area contributed by atoms with Gasteiger partial charge in [-0.1, -0.05) is 38.7 Å². The van der Waals surface area contributed by atoms with E-state index >= 15 is 0 Å². The lowest BCUT2D eigenvalue weighted by atomic mass is 10.1. The number of ether oxygens (including phenoxy) is 1. The molecule has 0 aliphatic rings. The molecule has 0 aliphatic carbocycles. The van der Waals surface area contributed by atoms with E-state index in [9.17, 15) is 4.79 Å². The zero-order chi connectivity index (χ0) is 14.3. The van der Waals surface area contributed by atoms with Crippen molar-refractivity contribution in [2.24, 2.45) is 0 Å². The highest BCUT2D eigenvalue weighted by Crippen LogP contribution is 2.03. The lowest BCUT2D eigenvalue weighted by molar-refractivity contribution is -0.138. The minimum absolute atomic E-state index is 0.151. The fourth-order valence-corrected chi connectivity index (χ4v) is 1.88. The SMILES string of the molecule is C/C=C/C(=O)OCCN(CCO)CCCCCCC. The molecule has 1 N–H and O–H groups in total. The highest BCUT2D eigenvalue weighted by molar-refractivity contribution is 5.81. The highest BCUT2D eigenvalue weighted by Gasteiger charge is 2.05. The number of hydrogen-bond donors (Lipinski definition) is 1. The molecule has 0 heterocycles. The predicted molar refractivity (Wildman–Crippen MR) is 78.1 cm³/mol. The van der Waals surface area contributed by atoms with Crippen LogP contribution < -0.4 is 0 Å². The molecule has 0 aromatic carbocycles. The average molecular weight is 271 g/mol. The Morgan fingerprint density at radius 3 is 2.53 bits per heavy atom. The molecule has 0 bridgehead atoms. The fourth-order valence-electron chi connectivity index (χ4n) is 1.88. The average Bonchev–Trinajstić information content (AvgIpc) is 2.38. The Morgan fingerprint density at radius 2 is 1.89 bits per heavy atom. The summed E-state index contributed by atoms with van der Waals surface area (Å²) in [5.41, 5.74) is 0. The predicted octanol–water partition coefficient (Wildman–Crippen LogP) is 2.37. The third kappa shape index (κ3) is 11.9. The first kappa shape index (κ1) is 18.1.